The number of nitrogens with zero attached hydrogens (tertiary/aromatic N) is 2. The molecule has 0 bridgehead atoms. The summed E-state index contributed by atoms with van der Waals surface area (Å²) >= 11 is 5.97. The minimum Gasteiger partial charge on any atom is -0.497 e. The third-order valence-electron chi connectivity index (χ3n) is 5.06. The lowest BCUT2D eigenvalue weighted by Crippen LogP contribution is -2.34. The van der Waals surface area contributed by atoms with Crippen molar-refractivity contribution in [3.05, 3.63) is 64.7 Å². The van der Waals surface area contributed by atoms with Crippen molar-refractivity contribution in [2.45, 2.75) is 13.0 Å². The number of hydrogen-bond acceptors (Lipinski definition) is 4. The zero-order chi connectivity index (χ0) is 20.6. The van der Waals surface area contributed by atoms with E-state index in [1.807, 2.05) is 35.2 Å². The average Bonchev–Trinajstić information content (AvgIpc) is 2.99. The molecule has 5 nitrogen and oxygen atoms in total. The van der Waals surface area contributed by atoms with Gasteiger partial charge in [-0.15, -0.1) is 0 Å². The molecule has 1 heterocycles. The van der Waals surface area contributed by atoms with Crippen LogP contribution in [0.3, 0.4) is 0 Å². The first-order valence-corrected chi connectivity index (χ1v) is 10.1. The molecule has 6 heteroatoms. The molecule has 3 rings (SSSR count). The molecule has 154 valence electrons. The summed E-state index contributed by atoms with van der Waals surface area (Å²) in [5.41, 5.74) is 2.05. The molecule has 1 amide bonds. The van der Waals surface area contributed by atoms with Crippen LogP contribution in [0.15, 0.2) is 48.5 Å². The third-order valence-corrected chi connectivity index (χ3v) is 5.31. The minimum atomic E-state index is 0.0169. The summed E-state index contributed by atoms with van der Waals surface area (Å²) in [5.74, 6) is 1.45. The van der Waals surface area contributed by atoms with Gasteiger partial charge in [-0.2, -0.15) is 0 Å². The molecule has 0 radical (unpaired) electrons. The van der Waals surface area contributed by atoms with Crippen LogP contribution < -0.4 is 9.47 Å². The predicted molar refractivity (Wildman–Crippen MR) is 117 cm³/mol. The van der Waals surface area contributed by atoms with Crippen molar-refractivity contribution in [3.63, 3.8) is 0 Å². The van der Waals surface area contributed by atoms with E-state index in [-0.39, 0.29) is 5.91 Å². The quantitative estimate of drug-likeness (QED) is 0.667. The van der Waals surface area contributed by atoms with Gasteiger partial charge < -0.3 is 14.4 Å². The summed E-state index contributed by atoms with van der Waals surface area (Å²) < 4.78 is 10.6. The van der Waals surface area contributed by atoms with Crippen LogP contribution in [0.1, 0.15) is 17.5 Å². The largest absolute Gasteiger partial charge is 0.497 e. The van der Waals surface area contributed by atoms with Crippen molar-refractivity contribution < 1.29 is 14.3 Å². The third kappa shape index (κ3) is 5.99. The maximum absolute atomic E-state index is 12.7. The van der Waals surface area contributed by atoms with Crippen molar-refractivity contribution in [2.24, 2.45) is 0 Å². The fourth-order valence-electron chi connectivity index (χ4n) is 3.43. The maximum Gasteiger partial charge on any atom is 0.246 e. The summed E-state index contributed by atoms with van der Waals surface area (Å²) in [6.07, 6.45) is 4.36. The topological polar surface area (TPSA) is 42.0 Å². The van der Waals surface area contributed by atoms with Gasteiger partial charge in [0.15, 0.2) is 0 Å². The van der Waals surface area contributed by atoms with Crippen molar-refractivity contribution in [1.29, 1.82) is 0 Å². The monoisotopic (exact) mass is 414 g/mol. The molecule has 0 unspecified atom stereocenters. The molecule has 0 atom stereocenters. The van der Waals surface area contributed by atoms with E-state index in [0.29, 0.717) is 12.3 Å². The molecule has 29 heavy (non-hydrogen) atoms. The summed E-state index contributed by atoms with van der Waals surface area (Å²) in [6.45, 7) is 4.17. The van der Waals surface area contributed by atoms with Crippen molar-refractivity contribution in [3.8, 4) is 11.5 Å². The Balaban J connectivity index is 1.59. The fourth-order valence-corrected chi connectivity index (χ4v) is 3.56. The summed E-state index contributed by atoms with van der Waals surface area (Å²) in [4.78, 5) is 17.0. The highest BCUT2D eigenvalue weighted by Gasteiger charge is 2.18. The number of amides is 1. The molecule has 0 N–H and O–H groups in total. The number of benzene rings is 2. The van der Waals surface area contributed by atoms with Crippen molar-refractivity contribution in [2.75, 3.05) is 40.4 Å². The minimum absolute atomic E-state index is 0.0169. The van der Waals surface area contributed by atoms with Crippen LogP contribution >= 0.6 is 11.6 Å². The van der Waals surface area contributed by atoms with Gasteiger partial charge in [-0.1, -0.05) is 23.7 Å². The van der Waals surface area contributed by atoms with Gasteiger partial charge in [0.2, 0.25) is 5.91 Å². The highest BCUT2D eigenvalue weighted by Crippen LogP contribution is 2.25. The van der Waals surface area contributed by atoms with E-state index in [1.54, 1.807) is 26.4 Å². The average molecular weight is 415 g/mol. The Bertz CT molecular complexity index is 852. The molecule has 0 saturated carbocycles. The molecule has 2 aromatic rings. The lowest BCUT2D eigenvalue weighted by atomic mass is 10.1. The maximum atomic E-state index is 12.7. The fraction of sp³-hybridized carbons (Fsp3) is 0.348. The highest BCUT2D eigenvalue weighted by atomic mass is 35.5. The lowest BCUT2D eigenvalue weighted by molar-refractivity contribution is -0.125. The first-order valence-electron chi connectivity index (χ1n) is 9.75. The zero-order valence-corrected chi connectivity index (χ0v) is 17.7. The van der Waals surface area contributed by atoms with Gasteiger partial charge in [-0.3, -0.25) is 9.69 Å². The Hall–Kier alpha value is -2.50. The van der Waals surface area contributed by atoms with E-state index in [4.69, 9.17) is 21.1 Å². The van der Waals surface area contributed by atoms with Crippen LogP contribution in [0, 0.1) is 0 Å². The van der Waals surface area contributed by atoms with E-state index in [9.17, 15) is 4.79 Å². The molecule has 0 aromatic heterocycles. The van der Waals surface area contributed by atoms with Crippen molar-refractivity contribution >= 4 is 23.6 Å². The van der Waals surface area contributed by atoms with Gasteiger partial charge in [0.25, 0.3) is 0 Å². The van der Waals surface area contributed by atoms with Gasteiger partial charge in [0, 0.05) is 49.4 Å². The molecule has 1 fully saturated rings. The first-order chi connectivity index (χ1) is 14.1. The molecular weight excluding hydrogens is 388 g/mol. The summed E-state index contributed by atoms with van der Waals surface area (Å²) in [5, 5.41) is 0.751. The second-order valence-electron chi connectivity index (χ2n) is 7.02. The molecule has 2 aromatic carbocycles. The van der Waals surface area contributed by atoms with Crippen LogP contribution in [-0.2, 0) is 11.3 Å². The molecule has 0 spiro atoms. The Morgan fingerprint density at radius 1 is 1.03 bits per heavy atom. The van der Waals surface area contributed by atoms with E-state index in [2.05, 4.69) is 17.0 Å². The second kappa shape index (κ2) is 10.3. The van der Waals surface area contributed by atoms with Crippen LogP contribution in [0.4, 0.5) is 0 Å². The van der Waals surface area contributed by atoms with Crippen LogP contribution in [0.25, 0.3) is 6.08 Å². The standard InChI is InChI=1S/C23H27ClN2O3/c1-28-21-9-10-22(29-2)19(16-21)6-11-23(27)26-13-3-12-25(14-15-26)17-18-4-7-20(24)8-5-18/h4-11,16H,3,12-15,17H2,1-2H3/b11-6+. The van der Waals surface area contributed by atoms with Gasteiger partial charge in [-0.25, -0.2) is 0 Å². The Labute approximate surface area is 177 Å². The van der Waals surface area contributed by atoms with Crippen LogP contribution in [0.5, 0.6) is 11.5 Å². The predicted octanol–water partition coefficient (Wildman–Crippen LogP) is 4.10. The van der Waals surface area contributed by atoms with E-state index in [1.165, 1.54) is 5.56 Å². The van der Waals surface area contributed by atoms with Gasteiger partial charge in [0.05, 0.1) is 14.2 Å². The number of hydrogen-bond donors (Lipinski definition) is 0. The number of rotatable bonds is 6. The van der Waals surface area contributed by atoms with Crippen LogP contribution in [0.2, 0.25) is 5.02 Å². The summed E-state index contributed by atoms with van der Waals surface area (Å²) in [7, 11) is 3.23. The van der Waals surface area contributed by atoms with Gasteiger partial charge in [0.1, 0.15) is 11.5 Å². The van der Waals surface area contributed by atoms with Crippen molar-refractivity contribution in [1.82, 2.24) is 9.80 Å². The molecule has 1 saturated heterocycles. The Kier molecular flexibility index (Phi) is 7.55. The molecule has 1 aliphatic rings. The Morgan fingerprint density at radius 2 is 1.83 bits per heavy atom. The van der Waals surface area contributed by atoms with E-state index in [0.717, 1.165) is 48.9 Å². The van der Waals surface area contributed by atoms with Crippen LogP contribution in [-0.4, -0.2) is 56.1 Å². The normalized spacial score (nSPS) is 15.3. The smallest absolute Gasteiger partial charge is 0.246 e. The van der Waals surface area contributed by atoms with Gasteiger partial charge in [-0.05, 0) is 48.4 Å². The highest BCUT2D eigenvalue weighted by molar-refractivity contribution is 6.30. The van der Waals surface area contributed by atoms with E-state index >= 15 is 0 Å². The molecular formula is C23H27ClN2O3. The number of methoxy groups -OCH3 is 2. The zero-order valence-electron chi connectivity index (χ0n) is 16.9. The number of carbonyl (C=O) groups excluding carboxylic acids is 1. The lowest BCUT2D eigenvalue weighted by Gasteiger charge is -2.21. The molecule has 1 aliphatic heterocycles. The van der Waals surface area contributed by atoms with Gasteiger partial charge >= 0.3 is 0 Å². The number of halogens is 1. The SMILES string of the molecule is COc1ccc(OC)c(/C=C/C(=O)N2CCCN(Cc3ccc(Cl)cc3)CC2)c1. The first kappa shape index (κ1) is 21.2. The van der Waals surface area contributed by atoms with E-state index < -0.39 is 0 Å². The second-order valence-corrected chi connectivity index (χ2v) is 7.46. The summed E-state index contributed by atoms with van der Waals surface area (Å²) in [6, 6.07) is 13.5. The molecule has 0 aliphatic carbocycles. The number of carbonyl (C=O) groups is 1. The Morgan fingerprint density at radius 3 is 2.55 bits per heavy atom. The number of ether oxygens (including phenoxy) is 2.